The van der Waals surface area contributed by atoms with Crippen molar-refractivity contribution in [3.8, 4) is 0 Å². The Kier molecular flexibility index (Phi) is 20.3. The van der Waals surface area contributed by atoms with E-state index in [0.717, 1.165) is 29.0 Å². The predicted octanol–water partition coefficient (Wildman–Crippen LogP) is -2.71. The highest BCUT2D eigenvalue weighted by molar-refractivity contribution is 8.13. The van der Waals surface area contributed by atoms with Crippen molar-refractivity contribution >= 4 is 81.1 Å². The van der Waals surface area contributed by atoms with Gasteiger partial charge in [0.2, 0.25) is 23.0 Å². The smallest absolute Gasteiger partial charge is 0.480 e. The van der Waals surface area contributed by atoms with E-state index >= 15 is 0 Å². The molecule has 8 atom stereocenters. The number of phosphoric ester groups is 3. The molecule has 1 aliphatic rings. The average molecular weight is 998 g/mol. The van der Waals surface area contributed by atoms with E-state index in [4.69, 9.17) is 35.5 Å². The third-order valence-electron chi connectivity index (χ3n) is 8.83. The molecule has 362 valence electrons. The van der Waals surface area contributed by atoms with Crippen LogP contribution in [-0.4, -0.2) is 163 Å². The van der Waals surface area contributed by atoms with E-state index in [1.165, 1.54) is 13.8 Å². The number of carboxylic acids is 2. The Morgan fingerprint density at radius 2 is 1.62 bits per heavy atom. The van der Waals surface area contributed by atoms with Crippen LogP contribution in [0.5, 0.6) is 0 Å². The second-order valence-corrected chi connectivity index (χ2v) is 19.7. The van der Waals surface area contributed by atoms with E-state index in [2.05, 4.69) is 39.7 Å². The van der Waals surface area contributed by atoms with E-state index < -0.39 is 109 Å². The van der Waals surface area contributed by atoms with Crippen LogP contribution in [0.4, 0.5) is 5.82 Å². The molecule has 8 unspecified atom stereocenters. The van der Waals surface area contributed by atoms with Gasteiger partial charge in [-0.2, -0.15) is 4.31 Å². The Morgan fingerprint density at radius 3 is 2.27 bits per heavy atom. The van der Waals surface area contributed by atoms with Gasteiger partial charge in [-0.1, -0.05) is 32.0 Å². The van der Waals surface area contributed by atoms with Gasteiger partial charge in [-0.3, -0.25) is 37.8 Å². The Bertz CT molecular complexity index is 2100. The number of phosphoric acid groups is 3. The number of hydrogen-bond acceptors (Lipinski definition) is 22. The summed E-state index contributed by atoms with van der Waals surface area (Å²) in [4.78, 5) is 110. The number of thioether (sulfide) groups is 1. The molecule has 1 fully saturated rings. The number of amides is 2. The van der Waals surface area contributed by atoms with Crippen molar-refractivity contribution in [2.24, 2.45) is 11.1 Å². The fourth-order valence-corrected chi connectivity index (χ4v) is 9.09. The largest absolute Gasteiger partial charge is 0.481 e. The lowest BCUT2D eigenvalue weighted by Crippen LogP contribution is -2.46. The van der Waals surface area contributed by atoms with E-state index in [0.29, 0.717) is 12.8 Å². The maximum absolute atomic E-state index is 12.7. The number of aliphatic hydroxyl groups excluding tert-OH is 2. The molecule has 34 heteroatoms. The van der Waals surface area contributed by atoms with Gasteiger partial charge in [-0.15, -0.1) is 0 Å². The highest BCUT2D eigenvalue weighted by Gasteiger charge is 2.50. The first-order valence-corrected chi connectivity index (χ1v) is 24.2. The minimum atomic E-state index is -5.61. The summed E-state index contributed by atoms with van der Waals surface area (Å²) >= 11 is 0.859. The molecule has 0 aliphatic carbocycles. The summed E-state index contributed by atoms with van der Waals surface area (Å²) in [6.07, 6.45) is -6.18. The standard InChI is InChI=1S/C30H50N9O21P3S/c1-30(2,22(42)25(43)35-8-6-17(40)33-9-10-64-29(48)15(31)5-3-4-7-34-19(27(44)45)28(46)47)12-57-63(54,55)60-62(52,53)56-11-16-21(59-61(49,50)51)20(41)26(58-16)39-14-38-18-23(32)36-13-37-24(18)39/h13-16,19-22,26,34,41-42H,3-12,31H2,1-2H3,(H,33,40)(H,35,43)(H,44,45)(H,46,47)(H,52,53)(H,54,55)(H2,32,36,37)(H2,49,50,51). The van der Waals surface area contributed by atoms with Crippen LogP contribution in [0.2, 0.25) is 0 Å². The summed E-state index contributed by atoms with van der Waals surface area (Å²) in [7, 11) is -16.5. The van der Waals surface area contributed by atoms with Crippen molar-refractivity contribution in [1.82, 2.24) is 35.5 Å². The van der Waals surface area contributed by atoms with Crippen molar-refractivity contribution in [1.29, 1.82) is 0 Å². The minimum absolute atomic E-state index is 0.0112. The van der Waals surface area contributed by atoms with Gasteiger partial charge in [0.25, 0.3) is 0 Å². The molecule has 0 aromatic carbocycles. The van der Waals surface area contributed by atoms with Gasteiger partial charge in [-0.25, -0.2) is 38.2 Å². The molecule has 64 heavy (non-hydrogen) atoms. The number of carbonyl (C=O) groups is 5. The maximum Gasteiger partial charge on any atom is 0.481 e. The Labute approximate surface area is 366 Å². The van der Waals surface area contributed by atoms with Crippen molar-refractivity contribution in [3.63, 3.8) is 0 Å². The number of aliphatic carboxylic acids is 2. The van der Waals surface area contributed by atoms with Gasteiger partial charge in [0, 0.05) is 30.7 Å². The van der Waals surface area contributed by atoms with Crippen LogP contribution in [0.25, 0.3) is 11.2 Å². The van der Waals surface area contributed by atoms with Crippen LogP contribution in [0.3, 0.4) is 0 Å². The molecule has 0 radical (unpaired) electrons. The number of unbranched alkanes of at least 4 members (excludes halogenated alkanes) is 1. The molecule has 0 spiro atoms. The van der Waals surface area contributed by atoms with Crippen LogP contribution in [0.1, 0.15) is 45.8 Å². The molecule has 0 bridgehead atoms. The Hall–Kier alpha value is -3.58. The number of rotatable bonds is 28. The first-order valence-electron chi connectivity index (χ1n) is 18.6. The van der Waals surface area contributed by atoms with Gasteiger partial charge in [0.15, 0.2) is 17.7 Å². The highest BCUT2D eigenvalue weighted by atomic mass is 32.2. The SMILES string of the molecule is CC(C)(COP(=O)(O)OP(=O)(O)OCC1OC(n2cnc3c(N)ncnc32)C(O)C1OP(=O)(O)O)C(O)C(=O)NCCC(=O)NCCSC(=O)C(N)CCCCNC(C(=O)O)C(=O)O. The number of ether oxygens (including phenoxy) is 1. The molecule has 2 amide bonds. The van der Waals surface area contributed by atoms with Gasteiger partial charge in [0.1, 0.15) is 36.3 Å². The number of aliphatic hydroxyl groups is 2. The lowest BCUT2D eigenvalue weighted by atomic mass is 9.87. The van der Waals surface area contributed by atoms with Gasteiger partial charge >= 0.3 is 35.4 Å². The number of nitrogens with one attached hydrogen (secondary N) is 3. The molecule has 3 rings (SSSR count). The van der Waals surface area contributed by atoms with Crippen molar-refractivity contribution < 1.29 is 100 Å². The zero-order valence-corrected chi connectivity index (χ0v) is 37.3. The highest BCUT2D eigenvalue weighted by Crippen LogP contribution is 2.61. The number of carbonyl (C=O) groups excluding carboxylic acids is 3. The number of nitrogens with zero attached hydrogens (tertiary/aromatic N) is 4. The second-order valence-electron chi connectivity index (χ2n) is 14.4. The number of imidazole rings is 1. The third-order valence-corrected chi connectivity index (χ3v) is 12.9. The third kappa shape index (κ3) is 17.0. The summed E-state index contributed by atoms with van der Waals surface area (Å²) in [6.45, 7) is 0.183. The number of fused-ring (bicyclic) bond motifs is 1. The molecule has 0 saturated carbocycles. The Balaban J connectivity index is 1.39. The summed E-state index contributed by atoms with van der Waals surface area (Å²) in [5.74, 6) is -4.55. The van der Waals surface area contributed by atoms with E-state index in [-0.39, 0.29) is 60.3 Å². The van der Waals surface area contributed by atoms with Crippen LogP contribution >= 0.6 is 35.2 Å². The van der Waals surface area contributed by atoms with E-state index in [9.17, 15) is 67.5 Å². The molecule has 30 nitrogen and oxygen atoms in total. The van der Waals surface area contributed by atoms with Crippen molar-refractivity contribution in [2.75, 3.05) is 44.3 Å². The number of aromatic nitrogens is 4. The van der Waals surface area contributed by atoms with E-state index in [1.54, 1.807) is 0 Å². The number of hydrogen-bond donors (Lipinski definition) is 13. The Morgan fingerprint density at radius 1 is 0.969 bits per heavy atom. The maximum atomic E-state index is 12.7. The summed E-state index contributed by atoms with van der Waals surface area (Å²) < 4.78 is 62.1. The number of nitrogen functional groups attached to an aromatic ring is 1. The second kappa shape index (κ2) is 23.7. The van der Waals surface area contributed by atoms with Crippen molar-refractivity contribution in [2.45, 2.75) is 82.3 Å². The zero-order valence-electron chi connectivity index (χ0n) is 33.8. The molecular formula is C30H50N9O21P3S. The zero-order chi connectivity index (χ0) is 48.2. The number of carboxylic acid groups (broad SMARTS) is 2. The summed E-state index contributed by atoms with van der Waals surface area (Å²) in [5, 5.41) is 46.0. The van der Waals surface area contributed by atoms with Gasteiger partial charge in [0.05, 0.1) is 25.6 Å². The molecule has 1 aliphatic heterocycles. The molecule has 2 aromatic heterocycles. The fraction of sp³-hybridized carbons (Fsp3) is 0.667. The first-order chi connectivity index (χ1) is 29.6. The minimum Gasteiger partial charge on any atom is -0.480 e. The van der Waals surface area contributed by atoms with E-state index in [1.807, 2.05) is 0 Å². The van der Waals surface area contributed by atoms with Gasteiger partial charge < -0.3 is 66.8 Å². The molecule has 2 aromatic rings. The normalized spacial score (nSPS) is 20.9. The van der Waals surface area contributed by atoms with Gasteiger partial charge in [-0.05, 0) is 19.4 Å². The van der Waals surface area contributed by atoms with Crippen LogP contribution in [0.15, 0.2) is 12.7 Å². The summed E-state index contributed by atoms with van der Waals surface area (Å²) in [6, 6.07) is -2.60. The van der Waals surface area contributed by atoms with Crippen LogP contribution < -0.4 is 27.4 Å². The number of nitrogens with two attached hydrogens (primary N) is 2. The lowest BCUT2D eigenvalue weighted by Gasteiger charge is -2.30. The molecular weight excluding hydrogens is 947 g/mol. The van der Waals surface area contributed by atoms with Crippen LogP contribution in [0, 0.1) is 5.41 Å². The summed E-state index contributed by atoms with van der Waals surface area (Å²) in [5.41, 5.74) is 10.0. The lowest BCUT2D eigenvalue weighted by molar-refractivity contribution is -0.151. The first kappa shape index (κ1) is 54.8. The molecule has 3 heterocycles. The monoisotopic (exact) mass is 997 g/mol. The predicted molar refractivity (Wildman–Crippen MR) is 216 cm³/mol. The quantitative estimate of drug-likeness (QED) is 0.0234. The topological polar surface area (TPSA) is 476 Å². The average Bonchev–Trinajstić information content (AvgIpc) is 3.75. The number of anilines is 1. The fourth-order valence-electron chi connectivity index (χ4n) is 5.52. The van der Waals surface area contributed by atoms with Crippen molar-refractivity contribution in [3.05, 3.63) is 12.7 Å². The molecule has 1 saturated heterocycles. The van der Waals surface area contributed by atoms with Crippen LogP contribution in [-0.2, 0) is 60.3 Å². The molecule has 15 N–H and O–H groups in total.